The highest BCUT2D eigenvalue weighted by Gasteiger charge is 2.08. The van der Waals surface area contributed by atoms with E-state index in [9.17, 15) is 0 Å². The van der Waals surface area contributed by atoms with E-state index in [1.165, 1.54) is 0 Å². The molecule has 4 aromatic rings. The van der Waals surface area contributed by atoms with E-state index < -0.39 is 0 Å². The zero-order valence-electron chi connectivity index (χ0n) is 23.2. The van der Waals surface area contributed by atoms with Crippen molar-refractivity contribution in [1.29, 1.82) is 0 Å². The third-order valence-electron chi connectivity index (χ3n) is 5.41. The molecule has 2 heterocycles. The Bertz CT molecular complexity index is 1310. The van der Waals surface area contributed by atoms with E-state index in [1.54, 1.807) is 7.11 Å². The highest BCUT2D eigenvalue weighted by molar-refractivity contribution is 6.32. The first-order valence-corrected chi connectivity index (χ1v) is 14.3. The van der Waals surface area contributed by atoms with Gasteiger partial charge in [-0.3, -0.25) is 0 Å². The first kappa shape index (κ1) is 36.0. The molecule has 0 unspecified atom stereocenters. The number of hydrogen-bond acceptors (Lipinski definition) is 11. The molecule has 0 amide bonds. The predicted octanol–water partition coefficient (Wildman–Crippen LogP) is 6.18. The van der Waals surface area contributed by atoms with Gasteiger partial charge in [-0.15, -0.1) is 20.4 Å². The monoisotopic (exact) mass is 650 g/mol. The molecule has 14 heteroatoms. The highest BCUT2D eigenvalue weighted by Crippen LogP contribution is 2.18. The van der Waals surface area contributed by atoms with Crippen molar-refractivity contribution in [2.75, 3.05) is 50.8 Å². The summed E-state index contributed by atoms with van der Waals surface area (Å²) in [6, 6.07) is 19.9. The first-order valence-electron chi connectivity index (χ1n) is 13.2. The van der Waals surface area contributed by atoms with Crippen molar-refractivity contribution in [3.63, 3.8) is 0 Å². The van der Waals surface area contributed by atoms with Crippen LogP contribution in [0.2, 0.25) is 15.6 Å². The van der Waals surface area contributed by atoms with E-state index in [0.717, 1.165) is 17.5 Å². The highest BCUT2D eigenvalue weighted by atomic mass is 35.5. The Morgan fingerprint density at radius 1 is 0.628 bits per heavy atom. The molecule has 0 saturated heterocycles. The number of nitrogens with one attached hydrogen (secondary N) is 2. The van der Waals surface area contributed by atoms with E-state index in [4.69, 9.17) is 49.0 Å². The van der Waals surface area contributed by atoms with Crippen LogP contribution in [0.5, 0.6) is 0 Å². The van der Waals surface area contributed by atoms with Crippen molar-refractivity contribution >= 4 is 46.4 Å². The maximum atomic E-state index is 6.07. The molecule has 4 rings (SSSR count). The Labute approximate surface area is 267 Å². The molecule has 0 radical (unpaired) electrons. The molecule has 2 aromatic heterocycles. The van der Waals surface area contributed by atoms with Gasteiger partial charge in [0.1, 0.15) is 0 Å². The topological polar surface area (TPSA) is 129 Å². The molecule has 2 aromatic carbocycles. The van der Waals surface area contributed by atoms with Gasteiger partial charge in [-0.1, -0.05) is 91.3 Å². The molecule has 0 aliphatic carbocycles. The summed E-state index contributed by atoms with van der Waals surface area (Å²) in [5.41, 5.74) is 2.26. The fourth-order valence-electron chi connectivity index (χ4n) is 3.33. The molecule has 2 N–H and O–H groups in total. The van der Waals surface area contributed by atoms with Crippen LogP contribution in [-0.4, -0.2) is 70.5 Å². The fourth-order valence-corrected chi connectivity index (χ4v) is 3.75. The average molecular weight is 652 g/mol. The molecule has 43 heavy (non-hydrogen) atoms. The lowest BCUT2D eigenvalue weighted by atomic mass is 10.2. The maximum Gasteiger partial charge on any atom is 0.245 e. The van der Waals surface area contributed by atoms with Gasteiger partial charge in [0.15, 0.2) is 27.8 Å². The summed E-state index contributed by atoms with van der Waals surface area (Å²) >= 11 is 17.5. The second kappa shape index (κ2) is 21.5. The average Bonchev–Trinajstić information content (AvgIpc) is 3.02. The SMILES string of the molecule is C.COCCOCCOCCCc1nnc(Cl)c(NCc2ccccc2)n1.Clc1nnc(Cl)c(NCc2ccccc2)n1. The van der Waals surface area contributed by atoms with Crippen LogP contribution in [0.3, 0.4) is 0 Å². The van der Waals surface area contributed by atoms with Crippen LogP contribution in [0.1, 0.15) is 30.8 Å². The fraction of sp³-hybridized carbons (Fsp3) is 0.379. The standard InChI is InChI=1S/C18H25ClN4O3.C10H8Cl2N4.CH4/c1-24-10-11-26-13-12-25-9-5-8-16-21-18(17(19)23-22-16)20-14-15-6-3-2-4-7-15;11-8-9(14-10(12)16-15-8)13-6-7-4-2-1-3-5-7;/h2-4,6-7H,5,8-14H2,1H3,(H,20,21,22);1-5H,6H2,(H,13,14,16);1H4. The second-order valence-electron chi connectivity index (χ2n) is 8.59. The Hall–Kier alpha value is -3.19. The van der Waals surface area contributed by atoms with Crippen LogP contribution in [0.25, 0.3) is 0 Å². The second-order valence-corrected chi connectivity index (χ2v) is 9.64. The van der Waals surface area contributed by atoms with E-state index in [0.29, 0.717) is 70.0 Å². The van der Waals surface area contributed by atoms with Gasteiger partial charge in [-0.05, 0) is 29.1 Å². The Balaban J connectivity index is 0.000000325. The summed E-state index contributed by atoms with van der Waals surface area (Å²) in [7, 11) is 1.65. The molecule has 0 spiro atoms. The van der Waals surface area contributed by atoms with Gasteiger partial charge < -0.3 is 24.8 Å². The predicted molar refractivity (Wildman–Crippen MR) is 171 cm³/mol. The van der Waals surface area contributed by atoms with Crippen LogP contribution in [0.15, 0.2) is 60.7 Å². The van der Waals surface area contributed by atoms with Crippen molar-refractivity contribution < 1.29 is 14.2 Å². The molecule has 232 valence electrons. The number of aromatic nitrogens is 6. The van der Waals surface area contributed by atoms with E-state index >= 15 is 0 Å². The summed E-state index contributed by atoms with van der Waals surface area (Å²) in [6.45, 7) is 4.17. The quantitative estimate of drug-likeness (QED) is 0.135. The normalized spacial score (nSPS) is 10.3. The minimum atomic E-state index is 0. The number of benzene rings is 2. The van der Waals surface area contributed by atoms with Crippen LogP contribution in [0, 0.1) is 0 Å². The van der Waals surface area contributed by atoms with Crippen molar-refractivity contribution in [1.82, 2.24) is 30.4 Å². The molecule has 0 bridgehead atoms. The summed E-state index contributed by atoms with van der Waals surface area (Å²) in [4.78, 5) is 8.38. The molecular formula is C29H37Cl3N8O3. The zero-order valence-corrected chi connectivity index (χ0v) is 25.4. The molecule has 0 aliphatic rings. The lowest BCUT2D eigenvalue weighted by Crippen LogP contribution is -2.10. The third-order valence-corrected chi connectivity index (χ3v) is 6.08. The molecule has 0 fully saturated rings. The molecule has 0 atom stereocenters. The van der Waals surface area contributed by atoms with E-state index in [1.807, 2.05) is 60.7 Å². The number of halogens is 3. The number of ether oxygens (including phenoxy) is 3. The minimum Gasteiger partial charge on any atom is -0.382 e. The lowest BCUT2D eigenvalue weighted by molar-refractivity contribution is 0.0243. The van der Waals surface area contributed by atoms with E-state index in [2.05, 4.69) is 41.0 Å². The van der Waals surface area contributed by atoms with Gasteiger partial charge in [0.25, 0.3) is 0 Å². The summed E-state index contributed by atoms with van der Waals surface area (Å²) in [5.74, 6) is 1.63. The number of anilines is 2. The Kier molecular flexibility index (Phi) is 18.0. The van der Waals surface area contributed by atoms with Gasteiger partial charge in [0, 0.05) is 33.2 Å². The Morgan fingerprint density at radius 3 is 1.72 bits per heavy atom. The van der Waals surface area contributed by atoms with Gasteiger partial charge in [-0.25, -0.2) is 4.98 Å². The first-order chi connectivity index (χ1) is 20.5. The van der Waals surface area contributed by atoms with Crippen LogP contribution < -0.4 is 10.6 Å². The Morgan fingerprint density at radius 2 is 1.14 bits per heavy atom. The van der Waals surface area contributed by atoms with Gasteiger partial charge in [0.2, 0.25) is 5.28 Å². The van der Waals surface area contributed by atoms with E-state index in [-0.39, 0.29) is 23.0 Å². The van der Waals surface area contributed by atoms with Crippen molar-refractivity contribution in [3.05, 3.63) is 93.2 Å². The van der Waals surface area contributed by atoms with Gasteiger partial charge >= 0.3 is 0 Å². The number of methoxy groups -OCH3 is 1. The number of rotatable bonds is 16. The van der Waals surface area contributed by atoms with Gasteiger partial charge in [0.05, 0.1) is 26.4 Å². The van der Waals surface area contributed by atoms with Crippen molar-refractivity contribution in [3.8, 4) is 0 Å². The third kappa shape index (κ3) is 14.7. The lowest BCUT2D eigenvalue weighted by Gasteiger charge is -2.08. The minimum absolute atomic E-state index is 0. The molecule has 11 nitrogen and oxygen atoms in total. The summed E-state index contributed by atoms with van der Waals surface area (Å²) in [6.07, 6.45) is 1.48. The summed E-state index contributed by atoms with van der Waals surface area (Å²) < 4.78 is 15.7. The van der Waals surface area contributed by atoms with Crippen molar-refractivity contribution in [2.45, 2.75) is 33.4 Å². The number of hydrogen-bond donors (Lipinski definition) is 2. The zero-order chi connectivity index (χ0) is 29.8. The number of nitrogens with zero attached hydrogens (tertiary/aromatic N) is 6. The smallest absolute Gasteiger partial charge is 0.245 e. The van der Waals surface area contributed by atoms with Crippen LogP contribution in [0.4, 0.5) is 11.6 Å². The molecule has 0 aliphatic heterocycles. The van der Waals surface area contributed by atoms with Crippen LogP contribution in [-0.2, 0) is 33.7 Å². The number of aryl methyl sites for hydroxylation is 1. The maximum absolute atomic E-state index is 6.07. The largest absolute Gasteiger partial charge is 0.382 e. The van der Waals surface area contributed by atoms with Gasteiger partial charge in [-0.2, -0.15) is 4.98 Å². The van der Waals surface area contributed by atoms with Crippen molar-refractivity contribution in [2.24, 2.45) is 0 Å². The molecule has 0 saturated carbocycles. The summed E-state index contributed by atoms with van der Waals surface area (Å²) in [5, 5.41) is 22.0. The van der Waals surface area contributed by atoms with Crippen LogP contribution >= 0.6 is 34.8 Å². The molecular weight excluding hydrogens is 615 g/mol.